The fourth-order valence-corrected chi connectivity index (χ4v) is 3.34. The highest BCUT2D eigenvalue weighted by molar-refractivity contribution is 5.37. The minimum Gasteiger partial charge on any atom is -0.312 e. The van der Waals surface area contributed by atoms with E-state index >= 15 is 0 Å². The molecule has 0 unspecified atom stereocenters. The van der Waals surface area contributed by atoms with E-state index in [1.54, 1.807) is 11.1 Å². The number of hydrogen-bond donors (Lipinski definition) is 1. The average molecular weight is 244 g/mol. The third-order valence-corrected chi connectivity index (χ3v) is 4.36. The number of fused-ring (bicyclic) bond motifs is 1. The van der Waals surface area contributed by atoms with Crippen molar-refractivity contribution in [2.45, 2.75) is 38.6 Å². The van der Waals surface area contributed by atoms with E-state index in [0.29, 0.717) is 0 Å². The second-order valence-electron chi connectivity index (χ2n) is 5.63. The maximum absolute atomic E-state index is 3.46. The van der Waals surface area contributed by atoms with Crippen molar-refractivity contribution < 1.29 is 0 Å². The molecule has 1 fully saturated rings. The van der Waals surface area contributed by atoms with Crippen molar-refractivity contribution in [2.75, 3.05) is 26.2 Å². The fraction of sp³-hybridized carbons (Fsp3) is 0.625. The maximum atomic E-state index is 3.46. The first-order valence-corrected chi connectivity index (χ1v) is 7.46. The molecule has 0 radical (unpaired) electrons. The van der Waals surface area contributed by atoms with Crippen LogP contribution in [-0.4, -0.2) is 31.1 Å². The zero-order valence-electron chi connectivity index (χ0n) is 11.3. The van der Waals surface area contributed by atoms with Crippen LogP contribution in [0, 0.1) is 0 Å². The summed E-state index contributed by atoms with van der Waals surface area (Å²) in [6.45, 7) is 6.17. The van der Waals surface area contributed by atoms with Crippen LogP contribution in [0.15, 0.2) is 18.2 Å². The van der Waals surface area contributed by atoms with E-state index < -0.39 is 0 Å². The van der Waals surface area contributed by atoms with E-state index in [2.05, 4.69) is 28.4 Å². The number of nitrogens with zero attached hydrogens (tertiary/aromatic N) is 1. The van der Waals surface area contributed by atoms with Crippen LogP contribution in [0.25, 0.3) is 0 Å². The van der Waals surface area contributed by atoms with Crippen LogP contribution in [0.2, 0.25) is 0 Å². The molecule has 2 nitrogen and oxygen atoms in total. The minimum atomic E-state index is 1.06. The third-order valence-electron chi connectivity index (χ3n) is 4.36. The lowest BCUT2D eigenvalue weighted by Gasteiger charge is -2.21. The van der Waals surface area contributed by atoms with Gasteiger partial charge >= 0.3 is 0 Å². The molecule has 1 N–H and O–H groups in total. The summed E-state index contributed by atoms with van der Waals surface area (Å²) in [5.74, 6) is 0. The van der Waals surface area contributed by atoms with Crippen molar-refractivity contribution in [3.63, 3.8) is 0 Å². The summed E-state index contributed by atoms with van der Waals surface area (Å²) < 4.78 is 0. The molecule has 1 saturated heterocycles. The molecule has 3 rings (SSSR count). The molecule has 0 aliphatic carbocycles. The van der Waals surface area contributed by atoms with Crippen LogP contribution in [0.3, 0.4) is 0 Å². The van der Waals surface area contributed by atoms with E-state index in [1.165, 1.54) is 57.3 Å². The first-order valence-electron chi connectivity index (χ1n) is 7.46. The van der Waals surface area contributed by atoms with Gasteiger partial charge in [-0.1, -0.05) is 18.2 Å². The molecule has 0 aromatic heterocycles. The summed E-state index contributed by atoms with van der Waals surface area (Å²) in [4.78, 5) is 2.62. The highest BCUT2D eigenvalue weighted by Crippen LogP contribution is 2.20. The lowest BCUT2D eigenvalue weighted by molar-refractivity contribution is 0.334. The van der Waals surface area contributed by atoms with Crippen molar-refractivity contribution >= 4 is 0 Å². The van der Waals surface area contributed by atoms with E-state index in [-0.39, 0.29) is 0 Å². The molecule has 2 aliphatic heterocycles. The number of likely N-dealkylation sites (tertiary alicyclic amines) is 1. The second-order valence-corrected chi connectivity index (χ2v) is 5.63. The Morgan fingerprint density at radius 3 is 2.94 bits per heavy atom. The molecule has 2 aliphatic rings. The Hall–Kier alpha value is -0.860. The number of hydrogen-bond acceptors (Lipinski definition) is 2. The van der Waals surface area contributed by atoms with Crippen molar-refractivity contribution in [1.29, 1.82) is 0 Å². The molecule has 0 bridgehead atoms. The van der Waals surface area contributed by atoms with E-state index in [9.17, 15) is 0 Å². The minimum absolute atomic E-state index is 1.06. The van der Waals surface area contributed by atoms with Crippen molar-refractivity contribution in [2.24, 2.45) is 0 Å². The van der Waals surface area contributed by atoms with Gasteiger partial charge in [-0.3, -0.25) is 0 Å². The topological polar surface area (TPSA) is 15.3 Å². The Labute approximate surface area is 110 Å². The summed E-state index contributed by atoms with van der Waals surface area (Å²) in [5.41, 5.74) is 4.77. The third kappa shape index (κ3) is 2.76. The lowest BCUT2D eigenvalue weighted by Crippen LogP contribution is -2.25. The zero-order valence-corrected chi connectivity index (χ0v) is 11.3. The highest BCUT2D eigenvalue weighted by Gasteiger charge is 2.13. The summed E-state index contributed by atoms with van der Waals surface area (Å²) >= 11 is 0. The molecule has 0 saturated carbocycles. The predicted molar refractivity (Wildman–Crippen MR) is 75.8 cm³/mol. The molecule has 1 aromatic rings. The number of aryl methyl sites for hydroxylation is 1. The van der Waals surface area contributed by atoms with Crippen molar-refractivity contribution in [3.05, 3.63) is 34.9 Å². The average Bonchev–Trinajstić information content (AvgIpc) is 2.92. The standard InChI is InChI=1S/C16H24N2/c1-2-11-18(10-1)12-4-7-14-5-3-6-15-13-17-9-8-16(14)15/h3,5-6,17H,1-2,4,7-13H2. The van der Waals surface area contributed by atoms with Gasteiger partial charge in [-0.15, -0.1) is 0 Å². The quantitative estimate of drug-likeness (QED) is 0.874. The molecule has 98 valence electrons. The lowest BCUT2D eigenvalue weighted by atomic mass is 9.93. The monoisotopic (exact) mass is 244 g/mol. The number of rotatable bonds is 4. The van der Waals surface area contributed by atoms with Gasteiger partial charge in [0.2, 0.25) is 0 Å². The molecule has 0 atom stereocenters. The van der Waals surface area contributed by atoms with Crippen LogP contribution in [0.4, 0.5) is 0 Å². The fourth-order valence-electron chi connectivity index (χ4n) is 3.34. The Kier molecular flexibility index (Phi) is 3.96. The SMILES string of the molecule is c1cc(CCCN2CCCC2)c2c(c1)CNCC2. The van der Waals surface area contributed by atoms with Gasteiger partial charge in [0.15, 0.2) is 0 Å². The van der Waals surface area contributed by atoms with E-state index in [0.717, 1.165) is 13.1 Å². The highest BCUT2D eigenvalue weighted by atomic mass is 15.1. The van der Waals surface area contributed by atoms with Crippen LogP contribution in [0.5, 0.6) is 0 Å². The Morgan fingerprint density at radius 2 is 2.06 bits per heavy atom. The van der Waals surface area contributed by atoms with Crippen LogP contribution in [-0.2, 0) is 19.4 Å². The van der Waals surface area contributed by atoms with Gasteiger partial charge in [0.05, 0.1) is 0 Å². The molecule has 1 aromatic carbocycles. The molecule has 18 heavy (non-hydrogen) atoms. The van der Waals surface area contributed by atoms with Gasteiger partial charge in [-0.05, 0) is 75.0 Å². The van der Waals surface area contributed by atoms with Crippen LogP contribution < -0.4 is 5.32 Å². The second kappa shape index (κ2) is 5.85. The van der Waals surface area contributed by atoms with Crippen LogP contribution >= 0.6 is 0 Å². The summed E-state index contributed by atoms with van der Waals surface area (Å²) in [6.07, 6.45) is 6.62. The van der Waals surface area contributed by atoms with E-state index in [1.807, 2.05) is 0 Å². The van der Waals surface area contributed by atoms with Crippen molar-refractivity contribution in [3.8, 4) is 0 Å². The maximum Gasteiger partial charge on any atom is 0.0208 e. The van der Waals surface area contributed by atoms with Crippen molar-refractivity contribution in [1.82, 2.24) is 10.2 Å². The molecule has 0 amide bonds. The van der Waals surface area contributed by atoms with Gasteiger partial charge in [-0.2, -0.15) is 0 Å². The van der Waals surface area contributed by atoms with E-state index in [4.69, 9.17) is 0 Å². The zero-order chi connectivity index (χ0) is 12.2. The molecular formula is C16H24N2. The normalized spacial score (nSPS) is 20.0. The predicted octanol–water partition coefficient (Wildman–Crippen LogP) is 2.36. The smallest absolute Gasteiger partial charge is 0.0208 e. The first kappa shape index (κ1) is 12.2. The number of benzene rings is 1. The first-order chi connectivity index (χ1) is 8.93. The molecule has 0 spiro atoms. The molecule has 2 heterocycles. The van der Waals surface area contributed by atoms with Gasteiger partial charge in [-0.25, -0.2) is 0 Å². The largest absolute Gasteiger partial charge is 0.312 e. The molecular weight excluding hydrogens is 220 g/mol. The summed E-state index contributed by atoms with van der Waals surface area (Å²) in [5, 5.41) is 3.46. The van der Waals surface area contributed by atoms with Gasteiger partial charge < -0.3 is 10.2 Å². The number of nitrogens with one attached hydrogen (secondary N) is 1. The summed E-state index contributed by atoms with van der Waals surface area (Å²) in [6, 6.07) is 6.86. The Bertz CT molecular complexity index is 394. The van der Waals surface area contributed by atoms with Gasteiger partial charge in [0.1, 0.15) is 0 Å². The van der Waals surface area contributed by atoms with Gasteiger partial charge in [0, 0.05) is 6.54 Å². The van der Waals surface area contributed by atoms with Crippen LogP contribution in [0.1, 0.15) is 36.0 Å². The molecule has 2 heteroatoms. The summed E-state index contributed by atoms with van der Waals surface area (Å²) in [7, 11) is 0. The Morgan fingerprint density at radius 1 is 1.17 bits per heavy atom. The Balaban J connectivity index is 1.58. The van der Waals surface area contributed by atoms with Gasteiger partial charge in [0.25, 0.3) is 0 Å².